The Bertz CT molecular complexity index is 453. The lowest BCUT2D eigenvalue weighted by molar-refractivity contribution is 0.649. The topological polar surface area (TPSA) is 30.7 Å². The predicted molar refractivity (Wildman–Crippen MR) is 77.3 cm³/mol. The molecule has 0 fully saturated rings. The van der Waals surface area contributed by atoms with Gasteiger partial charge in [0, 0.05) is 5.33 Å². The first-order valence-electron chi connectivity index (χ1n) is 6.43. The second-order valence-corrected chi connectivity index (χ2v) is 5.12. The first-order valence-corrected chi connectivity index (χ1v) is 7.55. The molecule has 2 rings (SSSR count). The summed E-state index contributed by atoms with van der Waals surface area (Å²) >= 11 is 3.46. The molecule has 2 aromatic rings. The summed E-state index contributed by atoms with van der Waals surface area (Å²) in [6.45, 7) is 0. The highest BCUT2D eigenvalue weighted by Gasteiger charge is 2.05. The first kappa shape index (κ1) is 13.3. The van der Waals surface area contributed by atoms with Gasteiger partial charge < -0.3 is 0 Å². The Morgan fingerprint density at radius 3 is 2.56 bits per heavy atom. The molecule has 1 heterocycles. The van der Waals surface area contributed by atoms with Crippen LogP contribution >= 0.6 is 15.9 Å². The van der Waals surface area contributed by atoms with E-state index >= 15 is 0 Å². The van der Waals surface area contributed by atoms with Crippen LogP contribution in [0.25, 0.3) is 5.69 Å². The van der Waals surface area contributed by atoms with Crippen molar-refractivity contribution in [3.05, 3.63) is 42.2 Å². The number of benzene rings is 1. The molecular weight excluding hydrogens is 290 g/mol. The number of hydrogen-bond acceptors (Lipinski definition) is 2. The SMILES string of the molecule is BrCCCCCCc1cnnn1-c1ccccc1. The lowest BCUT2D eigenvalue weighted by Gasteiger charge is -2.05. The van der Waals surface area contributed by atoms with Gasteiger partial charge in [-0.2, -0.15) is 0 Å². The Kier molecular flexibility index (Phi) is 5.39. The third-order valence-electron chi connectivity index (χ3n) is 2.94. The van der Waals surface area contributed by atoms with Gasteiger partial charge in [-0.05, 0) is 31.4 Å². The van der Waals surface area contributed by atoms with Gasteiger partial charge in [-0.3, -0.25) is 0 Å². The molecule has 4 heteroatoms. The Morgan fingerprint density at radius 2 is 1.78 bits per heavy atom. The maximum Gasteiger partial charge on any atom is 0.0729 e. The van der Waals surface area contributed by atoms with E-state index < -0.39 is 0 Å². The highest BCUT2D eigenvalue weighted by Crippen LogP contribution is 2.12. The quantitative estimate of drug-likeness (QED) is 0.576. The van der Waals surface area contributed by atoms with Crippen LogP contribution in [-0.2, 0) is 6.42 Å². The van der Waals surface area contributed by atoms with E-state index in [1.165, 1.54) is 31.4 Å². The Labute approximate surface area is 116 Å². The van der Waals surface area contributed by atoms with Crippen molar-refractivity contribution in [1.82, 2.24) is 15.0 Å². The largest absolute Gasteiger partial charge is 0.218 e. The minimum absolute atomic E-state index is 1.05. The summed E-state index contributed by atoms with van der Waals surface area (Å²) in [5, 5.41) is 9.29. The van der Waals surface area contributed by atoms with Gasteiger partial charge in [0.15, 0.2) is 0 Å². The molecule has 0 bridgehead atoms. The number of para-hydroxylation sites is 1. The van der Waals surface area contributed by atoms with Gasteiger partial charge in [0.25, 0.3) is 0 Å². The molecule has 1 aromatic carbocycles. The lowest BCUT2D eigenvalue weighted by Crippen LogP contribution is -2.02. The molecule has 0 unspecified atom stereocenters. The number of rotatable bonds is 7. The van der Waals surface area contributed by atoms with Crippen LogP contribution in [0.3, 0.4) is 0 Å². The van der Waals surface area contributed by atoms with Crippen molar-refractivity contribution in [3.8, 4) is 5.69 Å². The predicted octanol–water partition coefficient (Wildman–Crippen LogP) is 3.77. The number of aromatic nitrogens is 3. The minimum atomic E-state index is 1.05. The molecule has 0 spiro atoms. The third-order valence-corrected chi connectivity index (χ3v) is 3.50. The van der Waals surface area contributed by atoms with Crippen LogP contribution in [0, 0.1) is 0 Å². The summed E-state index contributed by atoms with van der Waals surface area (Å²) in [5.41, 5.74) is 2.28. The number of aryl methyl sites for hydroxylation is 1. The van der Waals surface area contributed by atoms with Crippen molar-refractivity contribution in [2.75, 3.05) is 5.33 Å². The zero-order chi connectivity index (χ0) is 12.6. The van der Waals surface area contributed by atoms with Crippen molar-refractivity contribution in [2.24, 2.45) is 0 Å². The van der Waals surface area contributed by atoms with E-state index in [1.807, 2.05) is 29.1 Å². The number of hydrogen-bond donors (Lipinski definition) is 0. The van der Waals surface area contributed by atoms with Crippen molar-refractivity contribution < 1.29 is 0 Å². The molecule has 0 atom stereocenters. The fourth-order valence-corrected chi connectivity index (χ4v) is 2.36. The molecule has 0 aliphatic heterocycles. The average molecular weight is 308 g/mol. The standard InChI is InChI=1S/C14H18BrN3/c15-11-7-2-1-4-10-14-12-16-17-18(14)13-8-5-3-6-9-13/h3,5-6,8-9,12H,1-2,4,7,10-11H2. The average Bonchev–Trinajstić information content (AvgIpc) is 2.88. The summed E-state index contributed by atoms with van der Waals surface area (Å²) < 4.78 is 1.94. The minimum Gasteiger partial charge on any atom is -0.218 e. The highest BCUT2D eigenvalue weighted by atomic mass is 79.9. The summed E-state index contributed by atoms with van der Waals surface area (Å²) in [5.74, 6) is 0. The van der Waals surface area contributed by atoms with E-state index in [4.69, 9.17) is 0 Å². The van der Waals surface area contributed by atoms with E-state index in [-0.39, 0.29) is 0 Å². The van der Waals surface area contributed by atoms with Gasteiger partial charge in [0.05, 0.1) is 17.6 Å². The molecule has 0 saturated carbocycles. The molecule has 3 nitrogen and oxygen atoms in total. The zero-order valence-electron chi connectivity index (χ0n) is 10.4. The molecule has 0 amide bonds. The lowest BCUT2D eigenvalue weighted by atomic mass is 10.1. The first-order chi connectivity index (χ1) is 8.92. The number of nitrogens with zero attached hydrogens (tertiary/aromatic N) is 3. The van der Waals surface area contributed by atoms with Crippen molar-refractivity contribution in [1.29, 1.82) is 0 Å². The van der Waals surface area contributed by atoms with Gasteiger partial charge in [-0.1, -0.05) is 52.2 Å². The smallest absolute Gasteiger partial charge is 0.0729 e. The third kappa shape index (κ3) is 3.67. The fraction of sp³-hybridized carbons (Fsp3) is 0.429. The van der Waals surface area contributed by atoms with Gasteiger partial charge in [-0.25, -0.2) is 4.68 Å². The molecule has 0 radical (unpaired) electrons. The van der Waals surface area contributed by atoms with Crippen LogP contribution in [0.1, 0.15) is 31.4 Å². The number of halogens is 1. The summed E-state index contributed by atoms with van der Waals surface area (Å²) in [6, 6.07) is 10.2. The molecular formula is C14H18BrN3. The van der Waals surface area contributed by atoms with Crippen LogP contribution in [0.4, 0.5) is 0 Å². The summed E-state index contributed by atoms with van der Waals surface area (Å²) in [4.78, 5) is 0. The molecule has 0 N–H and O–H groups in total. The Balaban J connectivity index is 1.92. The van der Waals surface area contributed by atoms with Gasteiger partial charge in [0.1, 0.15) is 0 Å². The fourth-order valence-electron chi connectivity index (χ4n) is 1.97. The number of unbranched alkanes of at least 4 members (excludes halogenated alkanes) is 3. The van der Waals surface area contributed by atoms with Crippen LogP contribution in [0.15, 0.2) is 36.5 Å². The van der Waals surface area contributed by atoms with Gasteiger partial charge >= 0.3 is 0 Å². The molecule has 0 saturated heterocycles. The number of alkyl halides is 1. The Hall–Kier alpha value is -1.16. The normalized spacial score (nSPS) is 10.7. The molecule has 0 aliphatic carbocycles. The van der Waals surface area contributed by atoms with Gasteiger partial charge in [0.2, 0.25) is 0 Å². The van der Waals surface area contributed by atoms with Crippen LogP contribution < -0.4 is 0 Å². The highest BCUT2D eigenvalue weighted by molar-refractivity contribution is 9.09. The summed E-state index contributed by atoms with van der Waals surface area (Å²) in [6.07, 6.45) is 7.94. The van der Waals surface area contributed by atoms with Crippen molar-refractivity contribution >= 4 is 15.9 Å². The molecule has 96 valence electrons. The Morgan fingerprint density at radius 1 is 1.00 bits per heavy atom. The van der Waals surface area contributed by atoms with Crippen LogP contribution in [-0.4, -0.2) is 20.3 Å². The van der Waals surface area contributed by atoms with Crippen molar-refractivity contribution in [2.45, 2.75) is 32.1 Å². The van der Waals surface area contributed by atoms with E-state index in [2.05, 4.69) is 38.4 Å². The molecule has 1 aromatic heterocycles. The second kappa shape index (κ2) is 7.31. The monoisotopic (exact) mass is 307 g/mol. The molecule has 18 heavy (non-hydrogen) atoms. The maximum absolute atomic E-state index is 4.16. The molecule has 0 aliphatic rings. The maximum atomic E-state index is 4.16. The van der Waals surface area contributed by atoms with Crippen molar-refractivity contribution in [3.63, 3.8) is 0 Å². The van der Waals surface area contributed by atoms with E-state index in [0.717, 1.165) is 17.4 Å². The second-order valence-electron chi connectivity index (χ2n) is 4.33. The van der Waals surface area contributed by atoms with E-state index in [0.29, 0.717) is 0 Å². The summed E-state index contributed by atoms with van der Waals surface area (Å²) in [7, 11) is 0. The van der Waals surface area contributed by atoms with E-state index in [1.54, 1.807) is 0 Å². The van der Waals surface area contributed by atoms with E-state index in [9.17, 15) is 0 Å². The zero-order valence-corrected chi connectivity index (χ0v) is 12.0. The van der Waals surface area contributed by atoms with Crippen LogP contribution in [0.2, 0.25) is 0 Å². The van der Waals surface area contributed by atoms with Crippen LogP contribution in [0.5, 0.6) is 0 Å². The van der Waals surface area contributed by atoms with Gasteiger partial charge in [-0.15, -0.1) is 5.10 Å².